The number of hydrogen-bond acceptors (Lipinski definition) is 5. The van der Waals surface area contributed by atoms with E-state index in [-0.39, 0.29) is 36.2 Å². The monoisotopic (exact) mass is 390 g/mol. The summed E-state index contributed by atoms with van der Waals surface area (Å²) in [6.07, 6.45) is 3.51. The van der Waals surface area contributed by atoms with Gasteiger partial charge >= 0.3 is 0 Å². The average molecular weight is 390 g/mol. The van der Waals surface area contributed by atoms with Gasteiger partial charge in [-0.15, -0.1) is 0 Å². The van der Waals surface area contributed by atoms with Gasteiger partial charge in [0.15, 0.2) is 0 Å². The van der Waals surface area contributed by atoms with Gasteiger partial charge in [0.2, 0.25) is 17.7 Å². The number of nitrogens with zero attached hydrogens (tertiary/aromatic N) is 5. The lowest BCUT2D eigenvalue weighted by atomic mass is 9.95. The van der Waals surface area contributed by atoms with Crippen molar-refractivity contribution in [2.24, 2.45) is 13.0 Å². The highest BCUT2D eigenvalue weighted by Gasteiger charge is 2.44. The predicted octanol–water partition coefficient (Wildman–Crippen LogP) is -0.392. The Hall–Kier alpha value is -2.42. The summed E-state index contributed by atoms with van der Waals surface area (Å²) in [5, 5.41) is 7.33. The molecule has 2 fully saturated rings. The zero-order valence-electron chi connectivity index (χ0n) is 17.1. The Labute approximate surface area is 165 Å². The molecule has 1 N–H and O–H groups in total. The molecular formula is C19H30N6O3. The molecule has 1 aromatic rings. The highest BCUT2D eigenvalue weighted by molar-refractivity contribution is 5.90. The minimum atomic E-state index is -0.416. The van der Waals surface area contributed by atoms with Crippen LogP contribution in [-0.4, -0.2) is 89.0 Å². The molecule has 0 radical (unpaired) electrons. The van der Waals surface area contributed by atoms with Gasteiger partial charge in [-0.2, -0.15) is 5.10 Å². The number of likely N-dealkylation sites (N-methyl/N-ethyl adjacent to an activating group) is 1. The van der Waals surface area contributed by atoms with Gasteiger partial charge in [0, 0.05) is 59.9 Å². The molecule has 2 unspecified atom stereocenters. The Bertz CT molecular complexity index is 738. The number of likely N-dealkylation sites (tertiary alicyclic amines) is 2. The molecule has 2 aliphatic rings. The highest BCUT2D eigenvalue weighted by atomic mass is 16.2. The maximum absolute atomic E-state index is 13.0. The Balaban J connectivity index is 1.58. The van der Waals surface area contributed by atoms with Crippen molar-refractivity contribution >= 4 is 17.7 Å². The van der Waals surface area contributed by atoms with E-state index in [2.05, 4.69) is 15.3 Å². The van der Waals surface area contributed by atoms with Gasteiger partial charge in [0.1, 0.15) is 0 Å². The van der Waals surface area contributed by atoms with Gasteiger partial charge in [-0.3, -0.25) is 24.0 Å². The highest BCUT2D eigenvalue weighted by Crippen LogP contribution is 2.37. The lowest BCUT2D eigenvalue weighted by Crippen LogP contribution is -2.48. The fourth-order valence-electron chi connectivity index (χ4n) is 4.06. The molecule has 0 spiro atoms. The molecule has 9 heteroatoms. The number of aromatic nitrogens is 2. The molecular weight excluding hydrogens is 360 g/mol. The fourth-order valence-corrected chi connectivity index (χ4v) is 4.06. The molecule has 0 bridgehead atoms. The second-order valence-corrected chi connectivity index (χ2v) is 7.99. The standard InChI is InChI=1S/C19H30N6O3/c1-22(2)17(27)12-25-9-6-13(7-10-25)21-19(28)14-11-16(26)23(3)18(14)15-5-8-20-24(15)4/h5,8,13-14,18H,6-7,9-12H2,1-4H3,(H,21,28). The SMILES string of the molecule is CN(C)C(=O)CN1CCC(NC(=O)C2CC(=O)N(C)C2c2ccnn2C)CC1. The normalized spacial score (nSPS) is 23.9. The van der Waals surface area contributed by atoms with E-state index in [1.165, 1.54) is 0 Å². The first-order valence-corrected chi connectivity index (χ1v) is 9.74. The fraction of sp³-hybridized carbons (Fsp3) is 0.684. The third-order valence-corrected chi connectivity index (χ3v) is 5.88. The van der Waals surface area contributed by atoms with Gasteiger partial charge < -0.3 is 15.1 Å². The van der Waals surface area contributed by atoms with E-state index in [0.717, 1.165) is 31.6 Å². The first kappa shape index (κ1) is 20.3. The summed E-state index contributed by atoms with van der Waals surface area (Å²) in [6, 6.07) is 1.64. The molecule has 3 amide bonds. The van der Waals surface area contributed by atoms with Crippen molar-refractivity contribution in [2.45, 2.75) is 31.3 Å². The summed E-state index contributed by atoms with van der Waals surface area (Å²) in [6.45, 7) is 1.97. The largest absolute Gasteiger partial charge is 0.353 e. The molecule has 3 heterocycles. The molecule has 1 aromatic heterocycles. The summed E-state index contributed by atoms with van der Waals surface area (Å²) in [5.41, 5.74) is 0.866. The summed E-state index contributed by atoms with van der Waals surface area (Å²) in [4.78, 5) is 42.5. The molecule has 3 rings (SSSR count). The zero-order chi connectivity index (χ0) is 20.4. The van der Waals surface area contributed by atoms with Crippen molar-refractivity contribution in [3.05, 3.63) is 18.0 Å². The summed E-state index contributed by atoms with van der Waals surface area (Å²) >= 11 is 0. The molecule has 0 aromatic carbocycles. The molecule has 0 aliphatic carbocycles. The number of piperidine rings is 1. The smallest absolute Gasteiger partial charge is 0.236 e. The molecule has 2 aliphatic heterocycles. The van der Waals surface area contributed by atoms with E-state index in [9.17, 15) is 14.4 Å². The zero-order valence-corrected chi connectivity index (χ0v) is 17.1. The van der Waals surface area contributed by atoms with E-state index in [1.807, 2.05) is 13.1 Å². The molecule has 2 atom stereocenters. The molecule has 9 nitrogen and oxygen atoms in total. The van der Waals surface area contributed by atoms with E-state index in [0.29, 0.717) is 6.54 Å². The molecule has 28 heavy (non-hydrogen) atoms. The summed E-state index contributed by atoms with van der Waals surface area (Å²) < 4.78 is 1.72. The molecule has 2 saturated heterocycles. The van der Waals surface area contributed by atoms with Gasteiger partial charge in [-0.05, 0) is 18.9 Å². The van der Waals surface area contributed by atoms with Crippen LogP contribution < -0.4 is 5.32 Å². The Kier molecular flexibility index (Phi) is 6.02. The maximum Gasteiger partial charge on any atom is 0.236 e. The van der Waals surface area contributed by atoms with E-state index in [1.54, 1.807) is 41.8 Å². The number of rotatable bonds is 5. The number of amides is 3. The van der Waals surface area contributed by atoms with Gasteiger partial charge in [-0.25, -0.2) is 0 Å². The third-order valence-electron chi connectivity index (χ3n) is 5.88. The Morgan fingerprint density at radius 1 is 1.25 bits per heavy atom. The minimum Gasteiger partial charge on any atom is -0.353 e. The van der Waals surface area contributed by atoms with Crippen LogP contribution in [0.5, 0.6) is 0 Å². The second kappa shape index (κ2) is 8.30. The van der Waals surface area contributed by atoms with Crippen LogP contribution >= 0.6 is 0 Å². The second-order valence-electron chi connectivity index (χ2n) is 7.99. The van der Waals surface area contributed by atoms with Crippen molar-refractivity contribution in [1.82, 2.24) is 29.8 Å². The van der Waals surface area contributed by atoms with Crippen LogP contribution in [0.15, 0.2) is 12.3 Å². The van der Waals surface area contributed by atoms with Crippen LogP contribution in [0.1, 0.15) is 31.0 Å². The van der Waals surface area contributed by atoms with Crippen molar-refractivity contribution in [3.63, 3.8) is 0 Å². The van der Waals surface area contributed by atoms with Gasteiger partial charge in [0.05, 0.1) is 24.2 Å². The number of hydrogen-bond donors (Lipinski definition) is 1. The number of carbonyl (C=O) groups excluding carboxylic acids is 3. The van der Waals surface area contributed by atoms with Crippen LogP contribution in [0.25, 0.3) is 0 Å². The third kappa shape index (κ3) is 4.19. The lowest BCUT2D eigenvalue weighted by Gasteiger charge is -2.33. The lowest BCUT2D eigenvalue weighted by molar-refractivity contribution is -0.131. The van der Waals surface area contributed by atoms with Crippen LogP contribution in [0.4, 0.5) is 0 Å². The van der Waals surface area contributed by atoms with Crippen molar-refractivity contribution < 1.29 is 14.4 Å². The predicted molar refractivity (Wildman–Crippen MR) is 103 cm³/mol. The maximum atomic E-state index is 13.0. The van der Waals surface area contributed by atoms with E-state index < -0.39 is 5.92 Å². The quantitative estimate of drug-likeness (QED) is 0.739. The van der Waals surface area contributed by atoms with E-state index >= 15 is 0 Å². The van der Waals surface area contributed by atoms with Crippen molar-refractivity contribution in [3.8, 4) is 0 Å². The van der Waals surface area contributed by atoms with Gasteiger partial charge in [-0.1, -0.05) is 0 Å². The summed E-state index contributed by atoms with van der Waals surface area (Å²) in [5.74, 6) is -0.426. The average Bonchev–Trinajstić information content (AvgIpc) is 3.19. The topological polar surface area (TPSA) is 90.8 Å². The van der Waals surface area contributed by atoms with Crippen LogP contribution in [0.3, 0.4) is 0 Å². The number of nitrogens with one attached hydrogen (secondary N) is 1. The van der Waals surface area contributed by atoms with Gasteiger partial charge in [0.25, 0.3) is 0 Å². The number of aryl methyl sites for hydroxylation is 1. The Morgan fingerprint density at radius 3 is 2.50 bits per heavy atom. The molecule has 154 valence electrons. The number of carbonyl (C=O) groups is 3. The van der Waals surface area contributed by atoms with Crippen molar-refractivity contribution in [2.75, 3.05) is 40.8 Å². The van der Waals surface area contributed by atoms with Crippen LogP contribution in [-0.2, 0) is 21.4 Å². The van der Waals surface area contributed by atoms with Crippen LogP contribution in [0.2, 0.25) is 0 Å². The summed E-state index contributed by atoms with van der Waals surface area (Å²) in [7, 11) is 7.08. The van der Waals surface area contributed by atoms with E-state index in [4.69, 9.17) is 0 Å². The Morgan fingerprint density at radius 2 is 1.93 bits per heavy atom. The molecule has 0 saturated carbocycles. The minimum absolute atomic E-state index is 0.0247. The first-order valence-electron chi connectivity index (χ1n) is 9.74. The first-order chi connectivity index (χ1) is 13.3. The van der Waals surface area contributed by atoms with Crippen LogP contribution in [0, 0.1) is 5.92 Å². The van der Waals surface area contributed by atoms with Crippen molar-refractivity contribution in [1.29, 1.82) is 0 Å².